The highest BCUT2D eigenvalue weighted by Crippen LogP contribution is 2.34. The van der Waals surface area contributed by atoms with E-state index in [4.69, 9.17) is 14.2 Å². The monoisotopic (exact) mass is 622 g/mol. The van der Waals surface area contributed by atoms with Crippen molar-refractivity contribution in [2.45, 2.75) is 169 Å². The van der Waals surface area contributed by atoms with E-state index in [2.05, 4.69) is 43.6 Å². The topological polar surface area (TPSA) is 103 Å². The molecule has 0 aromatic rings. The van der Waals surface area contributed by atoms with Crippen LogP contribution in [-0.2, 0) is 28.6 Å². The lowest BCUT2D eigenvalue weighted by atomic mass is 9.85. The van der Waals surface area contributed by atoms with Crippen LogP contribution < -0.4 is 10.6 Å². The van der Waals surface area contributed by atoms with Crippen molar-refractivity contribution in [3.05, 3.63) is 12.2 Å². The second-order valence-electron chi connectivity index (χ2n) is 14.1. The Labute approximate surface area is 269 Å². The molecule has 1 saturated heterocycles. The first-order valence-corrected chi connectivity index (χ1v) is 17.6. The Morgan fingerprint density at radius 2 is 1.45 bits per heavy atom. The van der Waals surface area contributed by atoms with Crippen molar-refractivity contribution < 1.29 is 28.6 Å². The van der Waals surface area contributed by atoms with E-state index in [1.165, 1.54) is 57.8 Å². The van der Waals surface area contributed by atoms with E-state index in [0.717, 1.165) is 32.1 Å². The predicted octanol–water partition coefficient (Wildman–Crippen LogP) is 7.78. The lowest BCUT2D eigenvalue weighted by Crippen LogP contribution is -2.56. The van der Waals surface area contributed by atoms with Gasteiger partial charge in [0.15, 0.2) is 5.79 Å². The van der Waals surface area contributed by atoms with E-state index in [1.807, 2.05) is 13.8 Å². The second kappa shape index (κ2) is 22.6. The summed E-state index contributed by atoms with van der Waals surface area (Å²) < 4.78 is 17.0. The minimum absolute atomic E-state index is 0.0126. The van der Waals surface area contributed by atoms with Crippen LogP contribution in [0.4, 0.5) is 0 Å². The molecule has 2 unspecified atom stereocenters. The minimum Gasteiger partial charge on any atom is -0.463 e. The molecular formula is C36H66N2O6. The number of esters is 1. The van der Waals surface area contributed by atoms with Gasteiger partial charge in [-0.1, -0.05) is 98.1 Å². The van der Waals surface area contributed by atoms with Crippen molar-refractivity contribution in [2.75, 3.05) is 19.8 Å². The molecule has 2 atom stereocenters. The van der Waals surface area contributed by atoms with Crippen LogP contribution >= 0.6 is 0 Å². The Kier molecular flexibility index (Phi) is 20.6. The summed E-state index contributed by atoms with van der Waals surface area (Å²) in [6.07, 6.45) is 21.2. The highest BCUT2D eigenvalue weighted by molar-refractivity contribution is 5.82. The van der Waals surface area contributed by atoms with Crippen LogP contribution in [0.15, 0.2) is 12.2 Å². The number of carbonyl (C=O) groups excluding carboxylic acids is 3. The van der Waals surface area contributed by atoms with Crippen molar-refractivity contribution in [1.29, 1.82) is 0 Å². The predicted molar refractivity (Wildman–Crippen MR) is 178 cm³/mol. The average molecular weight is 623 g/mol. The highest BCUT2D eigenvalue weighted by atomic mass is 16.7. The van der Waals surface area contributed by atoms with Gasteiger partial charge in [-0.3, -0.25) is 14.4 Å². The maximum Gasteiger partial charge on any atom is 0.307 e. The number of amides is 2. The molecule has 2 amide bonds. The van der Waals surface area contributed by atoms with E-state index in [-0.39, 0.29) is 37.4 Å². The molecule has 256 valence electrons. The summed E-state index contributed by atoms with van der Waals surface area (Å²) in [6, 6.07) is -0.220. The van der Waals surface area contributed by atoms with Crippen molar-refractivity contribution in [3.63, 3.8) is 0 Å². The second-order valence-corrected chi connectivity index (χ2v) is 14.1. The third-order valence-electron chi connectivity index (χ3n) is 8.00. The summed E-state index contributed by atoms with van der Waals surface area (Å²) in [6.45, 7) is 14.5. The molecule has 2 N–H and O–H groups in total. The summed E-state index contributed by atoms with van der Waals surface area (Å²) in [4.78, 5) is 37.7. The zero-order valence-corrected chi connectivity index (χ0v) is 29.3. The molecule has 0 saturated carbocycles. The number of nitrogens with one attached hydrogen (secondary N) is 2. The third kappa shape index (κ3) is 19.5. The van der Waals surface area contributed by atoms with Crippen molar-refractivity contribution in [3.8, 4) is 0 Å². The maximum atomic E-state index is 12.7. The van der Waals surface area contributed by atoms with Gasteiger partial charge in [0.2, 0.25) is 11.8 Å². The summed E-state index contributed by atoms with van der Waals surface area (Å²) >= 11 is 0. The van der Waals surface area contributed by atoms with E-state index in [0.29, 0.717) is 18.9 Å². The molecule has 44 heavy (non-hydrogen) atoms. The lowest BCUT2D eigenvalue weighted by molar-refractivity contribution is -0.304. The van der Waals surface area contributed by atoms with E-state index >= 15 is 0 Å². The van der Waals surface area contributed by atoms with Gasteiger partial charge in [-0.2, -0.15) is 0 Å². The van der Waals surface area contributed by atoms with Crippen LogP contribution in [0.2, 0.25) is 0 Å². The molecule has 0 aromatic carbocycles. The third-order valence-corrected chi connectivity index (χ3v) is 8.00. The first-order chi connectivity index (χ1) is 20.9. The Morgan fingerprint density at radius 3 is 2.07 bits per heavy atom. The zero-order chi connectivity index (χ0) is 32.8. The number of hydrogen-bond donors (Lipinski definition) is 2. The van der Waals surface area contributed by atoms with E-state index < -0.39 is 23.3 Å². The van der Waals surface area contributed by atoms with Gasteiger partial charge >= 0.3 is 5.97 Å². The van der Waals surface area contributed by atoms with Crippen LogP contribution in [-0.4, -0.2) is 55.5 Å². The molecule has 0 aromatic heterocycles. The first kappa shape index (κ1) is 40.1. The van der Waals surface area contributed by atoms with Gasteiger partial charge in [0.25, 0.3) is 0 Å². The molecule has 8 heteroatoms. The van der Waals surface area contributed by atoms with Gasteiger partial charge in [0.05, 0.1) is 19.1 Å². The number of rotatable bonds is 24. The highest BCUT2D eigenvalue weighted by Gasteiger charge is 2.45. The number of unbranched alkanes of at least 4 members (excludes halogenated alkanes) is 11. The molecular weight excluding hydrogens is 556 g/mol. The Hall–Kier alpha value is -1.93. The fraction of sp³-hybridized carbons (Fsp3) is 0.861. The van der Waals surface area contributed by atoms with E-state index in [1.54, 1.807) is 13.8 Å². The molecule has 1 aliphatic heterocycles. The maximum absolute atomic E-state index is 12.7. The fourth-order valence-corrected chi connectivity index (χ4v) is 5.36. The number of hydrogen-bond acceptors (Lipinski definition) is 6. The molecule has 0 aliphatic carbocycles. The summed E-state index contributed by atoms with van der Waals surface area (Å²) in [5, 5.41) is 5.86. The summed E-state index contributed by atoms with van der Waals surface area (Å²) in [5.74, 6) is -1.14. The number of allylic oxidation sites excluding steroid dienone is 2. The van der Waals surface area contributed by atoms with Gasteiger partial charge in [0.1, 0.15) is 12.7 Å². The molecule has 1 heterocycles. The van der Waals surface area contributed by atoms with Gasteiger partial charge in [0, 0.05) is 18.4 Å². The standard InChI is InChI=1S/C36H66N2O6/c1-8-9-10-11-12-13-14-15-16-17-18-19-20-21-22-23-31(39)38-30(26-29(2)3)27-42-32(40)24-25-37-34(41)33-35(4,5)28-43-36(6,7)44-33/h15-16,29-30,33H,8-14,17-28H2,1-7H3,(H,37,41)(H,38,39)/b16-15-. The van der Waals surface area contributed by atoms with Crippen LogP contribution in [0, 0.1) is 11.3 Å². The smallest absolute Gasteiger partial charge is 0.307 e. The molecule has 0 spiro atoms. The minimum atomic E-state index is -0.837. The van der Waals surface area contributed by atoms with Crippen LogP contribution in [0.1, 0.15) is 151 Å². The van der Waals surface area contributed by atoms with Gasteiger partial charge in [-0.05, 0) is 58.3 Å². The SMILES string of the molecule is CCCCCCCC/C=C\CCCCCCCC(=O)NC(COC(=O)CCNC(=O)C1OC(C)(C)OCC1(C)C)CC(C)C. The van der Waals surface area contributed by atoms with Crippen molar-refractivity contribution in [2.24, 2.45) is 11.3 Å². The molecule has 1 rings (SSSR count). The Bertz CT molecular complexity index is 838. The zero-order valence-electron chi connectivity index (χ0n) is 29.3. The van der Waals surface area contributed by atoms with Gasteiger partial charge in [-0.25, -0.2) is 0 Å². The first-order valence-electron chi connectivity index (χ1n) is 17.6. The molecule has 0 bridgehead atoms. The quantitative estimate of drug-likeness (QED) is 0.0647. The molecule has 8 nitrogen and oxygen atoms in total. The van der Waals surface area contributed by atoms with E-state index in [9.17, 15) is 14.4 Å². The number of carbonyl (C=O) groups is 3. The fourth-order valence-electron chi connectivity index (χ4n) is 5.36. The van der Waals surface area contributed by atoms with Gasteiger partial charge < -0.3 is 24.8 Å². The summed E-state index contributed by atoms with van der Waals surface area (Å²) in [5.41, 5.74) is -0.480. The van der Waals surface area contributed by atoms with Crippen LogP contribution in [0.3, 0.4) is 0 Å². The van der Waals surface area contributed by atoms with Crippen LogP contribution in [0.5, 0.6) is 0 Å². The lowest BCUT2D eigenvalue weighted by Gasteiger charge is -2.44. The Balaban J connectivity index is 2.20. The van der Waals surface area contributed by atoms with Crippen molar-refractivity contribution in [1.82, 2.24) is 10.6 Å². The summed E-state index contributed by atoms with van der Waals surface area (Å²) in [7, 11) is 0. The molecule has 1 fully saturated rings. The average Bonchev–Trinajstić information content (AvgIpc) is 2.95. The van der Waals surface area contributed by atoms with Crippen LogP contribution in [0.25, 0.3) is 0 Å². The Morgan fingerprint density at radius 1 is 0.864 bits per heavy atom. The molecule has 1 aliphatic rings. The van der Waals surface area contributed by atoms with Crippen molar-refractivity contribution >= 4 is 17.8 Å². The molecule has 0 radical (unpaired) electrons. The normalized spacial score (nSPS) is 18.3. The van der Waals surface area contributed by atoms with Gasteiger partial charge in [-0.15, -0.1) is 0 Å². The number of ether oxygens (including phenoxy) is 3. The largest absolute Gasteiger partial charge is 0.463 e.